The zero-order valence-corrected chi connectivity index (χ0v) is 8.49. The number of anilines is 1. The van der Waals surface area contributed by atoms with Crippen molar-refractivity contribution < 1.29 is 14.3 Å². The van der Waals surface area contributed by atoms with Crippen LogP contribution >= 0.6 is 0 Å². The van der Waals surface area contributed by atoms with Gasteiger partial charge in [-0.05, 0) is 12.1 Å². The van der Waals surface area contributed by atoms with E-state index in [0.717, 1.165) is 0 Å². The van der Waals surface area contributed by atoms with Gasteiger partial charge in [-0.2, -0.15) is 0 Å². The Balaban J connectivity index is 2.80. The van der Waals surface area contributed by atoms with E-state index in [1.165, 1.54) is 18.2 Å². The Morgan fingerprint density at radius 2 is 2.25 bits per heavy atom. The van der Waals surface area contributed by atoms with Gasteiger partial charge in [-0.3, -0.25) is 0 Å². The Labute approximate surface area is 90.7 Å². The molecule has 1 heterocycles. The van der Waals surface area contributed by atoms with E-state index in [2.05, 4.69) is 10.3 Å². The van der Waals surface area contributed by atoms with Gasteiger partial charge in [-0.25, -0.2) is 14.2 Å². The Morgan fingerprint density at radius 3 is 2.88 bits per heavy atom. The highest BCUT2D eigenvalue weighted by atomic mass is 19.1. The number of benzene rings is 1. The minimum atomic E-state index is -1.09. The predicted molar refractivity (Wildman–Crippen MR) is 58.2 cm³/mol. The predicted octanol–water partition coefficient (Wildman–Crippen LogP) is 2.11. The Morgan fingerprint density at radius 1 is 1.50 bits per heavy atom. The number of para-hydroxylation sites is 1. The molecule has 1 aromatic carbocycles. The molecule has 4 nitrogen and oxygen atoms in total. The fourth-order valence-corrected chi connectivity index (χ4v) is 1.52. The first-order chi connectivity index (χ1) is 7.63. The van der Waals surface area contributed by atoms with Gasteiger partial charge in [0.1, 0.15) is 22.7 Å². The monoisotopic (exact) mass is 220 g/mol. The van der Waals surface area contributed by atoms with Crippen LogP contribution in [0.25, 0.3) is 10.9 Å². The summed E-state index contributed by atoms with van der Waals surface area (Å²) >= 11 is 0. The summed E-state index contributed by atoms with van der Waals surface area (Å²) in [5.41, 5.74) is 0.192. The van der Waals surface area contributed by atoms with Gasteiger partial charge in [0.2, 0.25) is 0 Å². The number of pyridine rings is 1. The average molecular weight is 220 g/mol. The quantitative estimate of drug-likeness (QED) is 0.813. The summed E-state index contributed by atoms with van der Waals surface area (Å²) in [5.74, 6) is -1.40. The summed E-state index contributed by atoms with van der Waals surface area (Å²) < 4.78 is 13.4. The molecule has 0 amide bonds. The Bertz CT molecular complexity index is 569. The van der Waals surface area contributed by atoms with Crippen LogP contribution in [0, 0.1) is 5.82 Å². The van der Waals surface area contributed by atoms with E-state index in [1.54, 1.807) is 13.1 Å². The van der Waals surface area contributed by atoms with Gasteiger partial charge in [0.25, 0.3) is 0 Å². The molecule has 0 bridgehead atoms. The lowest BCUT2D eigenvalue weighted by Gasteiger charge is -2.06. The Hall–Kier alpha value is -2.17. The van der Waals surface area contributed by atoms with Crippen LogP contribution in [0.4, 0.5) is 10.2 Å². The van der Waals surface area contributed by atoms with Crippen LogP contribution in [0.15, 0.2) is 24.3 Å². The lowest BCUT2D eigenvalue weighted by Crippen LogP contribution is -2.05. The highest BCUT2D eigenvalue weighted by Gasteiger charge is 2.13. The summed E-state index contributed by atoms with van der Waals surface area (Å²) in [5, 5.41) is 12.1. The molecule has 2 aromatic rings. The number of nitrogens with zero attached hydrogens (tertiary/aromatic N) is 1. The van der Waals surface area contributed by atoms with Gasteiger partial charge in [-0.1, -0.05) is 12.1 Å². The van der Waals surface area contributed by atoms with E-state index in [4.69, 9.17) is 5.11 Å². The highest BCUT2D eigenvalue weighted by Crippen LogP contribution is 2.22. The van der Waals surface area contributed by atoms with Crippen LogP contribution in [-0.2, 0) is 0 Å². The number of nitrogens with one attached hydrogen (secondary N) is 1. The zero-order chi connectivity index (χ0) is 11.7. The van der Waals surface area contributed by atoms with E-state index in [1.807, 2.05) is 0 Å². The topological polar surface area (TPSA) is 62.2 Å². The summed E-state index contributed by atoms with van der Waals surface area (Å²) in [6, 6.07) is 5.83. The summed E-state index contributed by atoms with van der Waals surface area (Å²) in [4.78, 5) is 14.9. The van der Waals surface area contributed by atoms with E-state index >= 15 is 0 Å². The van der Waals surface area contributed by atoms with Gasteiger partial charge in [-0.15, -0.1) is 0 Å². The normalized spacial score (nSPS) is 10.4. The van der Waals surface area contributed by atoms with E-state index in [9.17, 15) is 9.18 Å². The third-order valence-electron chi connectivity index (χ3n) is 2.26. The van der Waals surface area contributed by atoms with Crippen molar-refractivity contribution in [3.63, 3.8) is 0 Å². The van der Waals surface area contributed by atoms with Crippen LogP contribution in [0.3, 0.4) is 0 Å². The summed E-state index contributed by atoms with van der Waals surface area (Å²) in [6.45, 7) is 0. The van der Waals surface area contributed by atoms with Gasteiger partial charge >= 0.3 is 5.97 Å². The maximum absolute atomic E-state index is 13.4. The maximum Gasteiger partial charge on any atom is 0.339 e. The molecule has 0 saturated heterocycles. The van der Waals surface area contributed by atoms with Crippen LogP contribution in [0.5, 0.6) is 0 Å². The fourth-order valence-electron chi connectivity index (χ4n) is 1.52. The SMILES string of the molecule is CNc1nc2c(F)cccc2cc1C(=O)O. The molecule has 0 fully saturated rings. The van der Waals surface area contributed by atoms with Crippen molar-refractivity contribution in [3.8, 4) is 0 Å². The molecule has 0 saturated carbocycles. The average Bonchev–Trinajstić information content (AvgIpc) is 2.28. The summed E-state index contributed by atoms with van der Waals surface area (Å²) in [7, 11) is 1.54. The first-order valence-electron chi connectivity index (χ1n) is 4.64. The molecule has 0 radical (unpaired) electrons. The number of carbonyl (C=O) groups is 1. The molecule has 0 atom stereocenters. The number of carboxylic acid groups (broad SMARTS) is 1. The zero-order valence-electron chi connectivity index (χ0n) is 8.49. The lowest BCUT2D eigenvalue weighted by molar-refractivity contribution is 0.0698. The van der Waals surface area contributed by atoms with Crippen LogP contribution < -0.4 is 5.32 Å². The van der Waals surface area contributed by atoms with Gasteiger partial charge < -0.3 is 10.4 Å². The molecule has 82 valence electrons. The van der Waals surface area contributed by atoms with E-state index in [-0.39, 0.29) is 16.9 Å². The van der Waals surface area contributed by atoms with Gasteiger partial charge in [0.05, 0.1) is 0 Å². The standard InChI is InChI=1S/C11H9FN2O2/c1-13-10-7(11(15)16)5-6-3-2-4-8(12)9(6)14-10/h2-5H,1H3,(H,13,14)(H,15,16). The molecule has 0 aliphatic heterocycles. The number of fused-ring (bicyclic) bond motifs is 1. The molecule has 0 aliphatic rings. The van der Waals surface area contributed by atoms with E-state index in [0.29, 0.717) is 5.39 Å². The number of aromatic nitrogens is 1. The smallest absolute Gasteiger partial charge is 0.339 e. The second-order valence-electron chi connectivity index (χ2n) is 3.25. The molecule has 1 aromatic heterocycles. The Kier molecular flexibility index (Phi) is 2.44. The van der Waals surface area contributed by atoms with Crippen molar-refractivity contribution in [2.75, 3.05) is 12.4 Å². The van der Waals surface area contributed by atoms with Crippen molar-refractivity contribution in [1.29, 1.82) is 0 Å². The lowest BCUT2D eigenvalue weighted by atomic mass is 10.1. The first kappa shape index (κ1) is 10.4. The molecule has 0 aliphatic carbocycles. The van der Waals surface area contributed by atoms with Crippen LogP contribution in [0.2, 0.25) is 0 Å². The number of aromatic carboxylic acids is 1. The fraction of sp³-hybridized carbons (Fsp3) is 0.0909. The van der Waals surface area contributed by atoms with Crippen LogP contribution in [-0.4, -0.2) is 23.1 Å². The molecule has 0 spiro atoms. The minimum Gasteiger partial charge on any atom is -0.478 e. The number of halogens is 1. The summed E-state index contributed by atoms with van der Waals surface area (Å²) in [6.07, 6.45) is 0. The maximum atomic E-state index is 13.4. The second kappa shape index (κ2) is 3.77. The minimum absolute atomic E-state index is 0.0283. The third kappa shape index (κ3) is 1.56. The molecular weight excluding hydrogens is 211 g/mol. The van der Waals surface area contributed by atoms with Crippen molar-refractivity contribution in [2.45, 2.75) is 0 Å². The largest absolute Gasteiger partial charge is 0.478 e. The van der Waals surface area contributed by atoms with Gasteiger partial charge in [0.15, 0.2) is 0 Å². The number of hydrogen-bond acceptors (Lipinski definition) is 3. The van der Waals surface area contributed by atoms with Crippen molar-refractivity contribution in [1.82, 2.24) is 4.98 Å². The highest BCUT2D eigenvalue weighted by molar-refractivity contribution is 5.98. The molecule has 5 heteroatoms. The van der Waals surface area contributed by atoms with Crippen molar-refractivity contribution in [3.05, 3.63) is 35.6 Å². The number of hydrogen-bond donors (Lipinski definition) is 2. The van der Waals surface area contributed by atoms with Gasteiger partial charge in [0, 0.05) is 12.4 Å². The molecule has 2 rings (SSSR count). The molecule has 2 N–H and O–H groups in total. The van der Waals surface area contributed by atoms with Crippen molar-refractivity contribution >= 4 is 22.7 Å². The number of rotatable bonds is 2. The third-order valence-corrected chi connectivity index (χ3v) is 2.26. The number of carboxylic acids is 1. The molecule has 0 unspecified atom stereocenters. The second-order valence-corrected chi connectivity index (χ2v) is 3.25. The van der Waals surface area contributed by atoms with E-state index < -0.39 is 11.8 Å². The molecule has 16 heavy (non-hydrogen) atoms. The first-order valence-corrected chi connectivity index (χ1v) is 4.64. The van der Waals surface area contributed by atoms with Crippen LogP contribution in [0.1, 0.15) is 10.4 Å². The molecular formula is C11H9FN2O2. The van der Waals surface area contributed by atoms with Crippen molar-refractivity contribution in [2.24, 2.45) is 0 Å².